The predicted octanol–water partition coefficient (Wildman–Crippen LogP) is 4.70. The van der Waals surface area contributed by atoms with Crippen LogP contribution in [-0.4, -0.2) is 18.5 Å². The van der Waals surface area contributed by atoms with Gasteiger partial charge in [-0.3, -0.25) is 0 Å². The number of benzene rings is 2. The van der Waals surface area contributed by atoms with Crippen LogP contribution in [0.1, 0.15) is 11.1 Å². The number of allylic oxidation sites excluding steroid dienone is 2. The van der Waals surface area contributed by atoms with E-state index in [1.165, 1.54) is 35.2 Å². The summed E-state index contributed by atoms with van der Waals surface area (Å²) >= 11 is 0. The van der Waals surface area contributed by atoms with Gasteiger partial charge in [0, 0.05) is 13.1 Å². The Morgan fingerprint density at radius 1 is 0.905 bits per heavy atom. The van der Waals surface area contributed by atoms with Crippen molar-refractivity contribution in [3.05, 3.63) is 85.0 Å². The summed E-state index contributed by atoms with van der Waals surface area (Å²) in [6, 6.07) is 17.5. The molecule has 0 saturated heterocycles. The van der Waals surface area contributed by atoms with Gasteiger partial charge in [0.25, 0.3) is 0 Å². The summed E-state index contributed by atoms with van der Waals surface area (Å²) in [7, 11) is 2.19. The Hall–Kier alpha value is -2.12. The lowest BCUT2D eigenvalue weighted by molar-refractivity contribution is 0.313. The molecule has 2 aromatic rings. The van der Waals surface area contributed by atoms with Gasteiger partial charge in [-0.2, -0.15) is 0 Å². The van der Waals surface area contributed by atoms with Gasteiger partial charge in [0.1, 0.15) is 0 Å². The van der Waals surface area contributed by atoms with Gasteiger partial charge in [0.2, 0.25) is 0 Å². The van der Waals surface area contributed by atoms with Gasteiger partial charge < -0.3 is 4.90 Å². The lowest BCUT2D eigenvalue weighted by Gasteiger charge is -2.25. The molecule has 0 radical (unpaired) electrons. The number of rotatable bonds is 2. The zero-order chi connectivity index (χ0) is 15.1. The first-order valence-electron chi connectivity index (χ1n) is 7.34. The molecule has 0 spiro atoms. The quantitative estimate of drug-likeness (QED) is 0.719. The number of hydrogen-bond donors (Lipinski definition) is 0. The molecule has 1 heterocycles. The molecule has 1 nitrogen and oxygen atoms in total. The Morgan fingerprint density at radius 3 is 2.29 bits per heavy atom. The Bertz CT molecular complexity index is 592. The summed E-state index contributed by atoms with van der Waals surface area (Å²) in [6.45, 7) is 8.98. The maximum absolute atomic E-state index is 3.36. The van der Waals surface area contributed by atoms with Crippen LogP contribution in [0.3, 0.4) is 0 Å². The second kappa shape index (κ2) is 7.61. The molecule has 0 atom stereocenters. The maximum atomic E-state index is 3.36. The van der Waals surface area contributed by atoms with E-state index in [2.05, 4.69) is 73.6 Å². The third-order valence-electron chi connectivity index (χ3n) is 3.68. The molecule has 3 rings (SSSR count). The highest BCUT2D eigenvalue weighted by atomic mass is 15.1. The van der Waals surface area contributed by atoms with Crippen LogP contribution in [0.25, 0.3) is 11.1 Å². The van der Waals surface area contributed by atoms with E-state index in [-0.39, 0.29) is 0 Å². The van der Waals surface area contributed by atoms with Gasteiger partial charge in [0.15, 0.2) is 0 Å². The van der Waals surface area contributed by atoms with Crippen LogP contribution in [0.2, 0.25) is 0 Å². The van der Waals surface area contributed by atoms with E-state index < -0.39 is 0 Å². The van der Waals surface area contributed by atoms with Crippen LogP contribution in [0, 0.1) is 0 Å². The van der Waals surface area contributed by atoms with Gasteiger partial charge >= 0.3 is 0 Å². The summed E-state index contributed by atoms with van der Waals surface area (Å²) in [5, 5.41) is 0. The molecule has 0 unspecified atom stereocenters. The molecular weight excluding hydrogens is 254 g/mol. The molecule has 0 amide bonds. The summed E-state index contributed by atoms with van der Waals surface area (Å²) in [4.78, 5) is 2.38. The van der Waals surface area contributed by atoms with Crippen molar-refractivity contribution in [1.29, 1.82) is 0 Å². The molecule has 1 heteroatoms. The first-order valence-corrected chi connectivity index (χ1v) is 7.34. The fourth-order valence-corrected chi connectivity index (χ4v) is 2.50. The highest BCUT2D eigenvalue weighted by Crippen LogP contribution is 2.25. The highest BCUT2D eigenvalue weighted by molar-refractivity contribution is 5.65. The van der Waals surface area contributed by atoms with Gasteiger partial charge in [0.05, 0.1) is 0 Å². The van der Waals surface area contributed by atoms with Crippen LogP contribution < -0.4 is 0 Å². The van der Waals surface area contributed by atoms with Crippen molar-refractivity contribution in [2.24, 2.45) is 0 Å². The molecule has 1 aliphatic rings. The molecule has 0 bridgehead atoms. The SMILES string of the molecule is C=CC=C.CN1CCc2cc(-c3ccccc3)ccc2C1. The first kappa shape index (κ1) is 15.3. The van der Waals surface area contributed by atoms with Crippen molar-refractivity contribution >= 4 is 0 Å². The predicted molar refractivity (Wildman–Crippen MR) is 92.3 cm³/mol. The van der Waals surface area contributed by atoms with Crippen LogP contribution >= 0.6 is 0 Å². The fraction of sp³-hybridized carbons (Fsp3) is 0.200. The Morgan fingerprint density at radius 2 is 1.62 bits per heavy atom. The summed E-state index contributed by atoms with van der Waals surface area (Å²) in [6.07, 6.45) is 4.45. The fourth-order valence-electron chi connectivity index (χ4n) is 2.50. The van der Waals surface area contributed by atoms with Crippen molar-refractivity contribution in [3.63, 3.8) is 0 Å². The maximum Gasteiger partial charge on any atom is 0.0233 e. The second-order valence-electron chi connectivity index (χ2n) is 5.31. The molecular formula is C20H23N. The monoisotopic (exact) mass is 277 g/mol. The smallest absolute Gasteiger partial charge is 0.0233 e. The zero-order valence-corrected chi connectivity index (χ0v) is 12.8. The zero-order valence-electron chi connectivity index (χ0n) is 12.8. The summed E-state index contributed by atoms with van der Waals surface area (Å²) in [5.41, 5.74) is 5.66. The third kappa shape index (κ3) is 4.17. The van der Waals surface area contributed by atoms with Crippen molar-refractivity contribution in [1.82, 2.24) is 4.90 Å². The molecule has 0 aromatic heterocycles. The van der Waals surface area contributed by atoms with E-state index in [9.17, 15) is 0 Å². The van der Waals surface area contributed by atoms with Crippen molar-refractivity contribution in [3.8, 4) is 11.1 Å². The topological polar surface area (TPSA) is 3.24 Å². The van der Waals surface area contributed by atoms with E-state index in [4.69, 9.17) is 0 Å². The van der Waals surface area contributed by atoms with Crippen molar-refractivity contribution in [2.45, 2.75) is 13.0 Å². The lowest BCUT2D eigenvalue weighted by atomic mass is 9.95. The molecule has 0 N–H and O–H groups in total. The van der Waals surface area contributed by atoms with Gasteiger partial charge in [-0.1, -0.05) is 73.8 Å². The van der Waals surface area contributed by atoms with Crippen LogP contribution in [0.4, 0.5) is 0 Å². The van der Waals surface area contributed by atoms with E-state index in [0.717, 1.165) is 6.54 Å². The standard InChI is InChI=1S/C16H17N.C4H6/c1-17-10-9-15-11-14(7-8-16(15)12-17)13-5-3-2-4-6-13;1-3-4-2/h2-8,11H,9-10,12H2,1H3;3-4H,1-2H2. The van der Waals surface area contributed by atoms with Crippen LogP contribution in [0.15, 0.2) is 73.8 Å². The van der Waals surface area contributed by atoms with E-state index >= 15 is 0 Å². The minimum atomic E-state index is 1.09. The van der Waals surface area contributed by atoms with E-state index in [1.807, 2.05) is 0 Å². The molecule has 0 aliphatic carbocycles. The molecule has 0 fully saturated rings. The second-order valence-corrected chi connectivity index (χ2v) is 5.31. The largest absolute Gasteiger partial charge is 0.302 e. The van der Waals surface area contributed by atoms with Crippen molar-refractivity contribution < 1.29 is 0 Å². The minimum Gasteiger partial charge on any atom is -0.302 e. The Labute approximate surface area is 128 Å². The van der Waals surface area contributed by atoms with E-state index in [0.29, 0.717) is 0 Å². The highest BCUT2D eigenvalue weighted by Gasteiger charge is 2.13. The third-order valence-corrected chi connectivity index (χ3v) is 3.68. The van der Waals surface area contributed by atoms with Gasteiger partial charge in [-0.15, -0.1) is 0 Å². The molecule has 21 heavy (non-hydrogen) atoms. The van der Waals surface area contributed by atoms with Crippen LogP contribution in [-0.2, 0) is 13.0 Å². The number of likely N-dealkylation sites (N-methyl/N-ethyl adjacent to an activating group) is 1. The molecule has 1 aliphatic heterocycles. The number of hydrogen-bond acceptors (Lipinski definition) is 1. The molecule has 2 aromatic carbocycles. The normalized spacial score (nSPS) is 13.6. The molecule has 0 saturated carbocycles. The van der Waals surface area contributed by atoms with Crippen molar-refractivity contribution in [2.75, 3.05) is 13.6 Å². The summed E-state index contributed by atoms with van der Waals surface area (Å²) < 4.78 is 0. The van der Waals surface area contributed by atoms with Gasteiger partial charge in [-0.05, 0) is 35.7 Å². The molecule has 108 valence electrons. The Balaban J connectivity index is 0.000000361. The Kier molecular flexibility index (Phi) is 5.53. The summed E-state index contributed by atoms with van der Waals surface area (Å²) in [5.74, 6) is 0. The van der Waals surface area contributed by atoms with E-state index in [1.54, 1.807) is 12.2 Å². The first-order chi connectivity index (χ1) is 10.2. The van der Waals surface area contributed by atoms with Gasteiger partial charge in [-0.25, -0.2) is 0 Å². The average Bonchev–Trinajstić information content (AvgIpc) is 2.55. The van der Waals surface area contributed by atoms with Crippen LogP contribution in [0.5, 0.6) is 0 Å². The number of nitrogens with zero attached hydrogens (tertiary/aromatic N) is 1. The average molecular weight is 277 g/mol. The minimum absolute atomic E-state index is 1.09. The number of fused-ring (bicyclic) bond motifs is 1. The lowest BCUT2D eigenvalue weighted by Crippen LogP contribution is -2.26.